The molecule has 3 heterocycles. The number of nitrogens with zero attached hydrogens (tertiary/aromatic N) is 5. The van der Waals surface area contributed by atoms with E-state index in [-0.39, 0.29) is 0 Å². The van der Waals surface area contributed by atoms with Gasteiger partial charge in [-0.05, 0) is 37.0 Å². The topological polar surface area (TPSA) is 58.9 Å². The number of nitrogens with one attached hydrogen (secondary N) is 1. The van der Waals surface area contributed by atoms with Crippen molar-refractivity contribution in [2.75, 3.05) is 11.4 Å². The molecule has 1 aliphatic carbocycles. The number of pyridine rings is 1. The summed E-state index contributed by atoms with van der Waals surface area (Å²) in [6.07, 6.45) is 6.44. The highest BCUT2D eigenvalue weighted by molar-refractivity contribution is 5.47. The van der Waals surface area contributed by atoms with Gasteiger partial charge in [0.05, 0.1) is 6.54 Å². The molecule has 2 aliphatic rings. The van der Waals surface area contributed by atoms with Crippen LogP contribution in [0.3, 0.4) is 0 Å². The quantitative estimate of drug-likeness (QED) is 0.916. The molecule has 4 rings (SSSR count). The van der Waals surface area contributed by atoms with E-state index in [1.54, 1.807) is 6.33 Å². The lowest BCUT2D eigenvalue weighted by Gasteiger charge is -2.29. The molecule has 1 fully saturated rings. The zero-order valence-electron chi connectivity index (χ0n) is 12.3. The Morgan fingerprint density at radius 3 is 3.05 bits per heavy atom. The Kier molecular flexibility index (Phi) is 3.11. The van der Waals surface area contributed by atoms with Gasteiger partial charge >= 0.3 is 0 Å². The van der Waals surface area contributed by atoms with Crippen LogP contribution in [-0.2, 0) is 19.6 Å². The van der Waals surface area contributed by atoms with Crippen LogP contribution in [0, 0.1) is 6.92 Å². The maximum absolute atomic E-state index is 4.69. The second kappa shape index (κ2) is 5.11. The van der Waals surface area contributed by atoms with E-state index in [4.69, 9.17) is 0 Å². The van der Waals surface area contributed by atoms with Crippen LogP contribution in [0.1, 0.15) is 29.8 Å². The summed E-state index contributed by atoms with van der Waals surface area (Å²) in [4.78, 5) is 6.98. The minimum Gasteiger partial charge on any atom is -0.347 e. The number of rotatable bonds is 4. The molecule has 6 heteroatoms. The van der Waals surface area contributed by atoms with Crippen LogP contribution < -0.4 is 10.2 Å². The summed E-state index contributed by atoms with van der Waals surface area (Å²) >= 11 is 0. The average Bonchev–Trinajstić information content (AvgIpc) is 3.21. The van der Waals surface area contributed by atoms with E-state index in [1.807, 2.05) is 6.20 Å². The van der Waals surface area contributed by atoms with Gasteiger partial charge in [-0.15, -0.1) is 10.2 Å². The Bertz CT molecular complexity index is 645. The van der Waals surface area contributed by atoms with E-state index in [0.29, 0.717) is 0 Å². The predicted octanol–water partition coefficient (Wildman–Crippen LogP) is 1.25. The first-order valence-corrected chi connectivity index (χ1v) is 7.60. The van der Waals surface area contributed by atoms with E-state index in [1.165, 1.54) is 24.0 Å². The lowest BCUT2D eigenvalue weighted by molar-refractivity contribution is 0.555. The fraction of sp³-hybridized carbons (Fsp3) is 0.533. The molecule has 0 bridgehead atoms. The van der Waals surface area contributed by atoms with Crippen molar-refractivity contribution < 1.29 is 0 Å². The van der Waals surface area contributed by atoms with Crippen LogP contribution >= 0.6 is 0 Å². The standard InChI is InChI=1S/C15H20N6/c1-11-6-12(7-16-13-2-3-13)8-17-15(11)20-4-5-21-10-18-19-14(21)9-20/h6,8,10,13,16H,2-5,7,9H2,1H3. The van der Waals surface area contributed by atoms with Crippen molar-refractivity contribution in [2.24, 2.45) is 0 Å². The molecule has 1 saturated carbocycles. The molecule has 0 aromatic carbocycles. The number of hydrogen-bond acceptors (Lipinski definition) is 5. The van der Waals surface area contributed by atoms with E-state index in [2.05, 4.69) is 43.0 Å². The van der Waals surface area contributed by atoms with Gasteiger partial charge in [-0.25, -0.2) is 4.98 Å². The molecule has 21 heavy (non-hydrogen) atoms. The van der Waals surface area contributed by atoms with E-state index < -0.39 is 0 Å². The molecule has 0 saturated heterocycles. The van der Waals surface area contributed by atoms with Gasteiger partial charge in [0.25, 0.3) is 0 Å². The Hall–Kier alpha value is -1.95. The minimum atomic E-state index is 0.735. The zero-order valence-corrected chi connectivity index (χ0v) is 12.3. The zero-order chi connectivity index (χ0) is 14.2. The van der Waals surface area contributed by atoms with Gasteiger partial charge in [-0.2, -0.15) is 0 Å². The molecule has 0 spiro atoms. The van der Waals surface area contributed by atoms with Crippen molar-refractivity contribution in [3.63, 3.8) is 0 Å². The van der Waals surface area contributed by atoms with Crippen molar-refractivity contribution in [3.05, 3.63) is 35.5 Å². The molecule has 0 atom stereocenters. The summed E-state index contributed by atoms with van der Waals surface area (Å²) in [6, 6.07) is 2.98. The van der Waals surface area contributed by atoms with Crippen molar-refractivity contribution in [3.8, 4) is 0 Å². The Balaban J connectivity index is 1.49. The highest BCUT2D eigenvalue weighted by atomic mass is 15.3. The van der Waals surface area contributed by atoms with Gasteiger partial charge in [0.2, 0.25) is 0 Å². The van der Waals surface area contributed by atoms with Gasteiger partial charge in [-0.3, -0.25) is 0 Å². The molecule has 0 amide bonds. The molecule has 110 valence electrons. The number of anilines is 1. The number of aryl methyl sites for hydroxylation is 1. The summed E-state index contributed by atoms with van der Waals surface area (Å²) in [6.45, 7) is 5.73. The Morgan fingerprint density at radius 1 is 1.33 bits per heavy atom. The number of aromatic nitrogens is 4. The van der Waals surface area contributed by atoms with Crippen LogP contribution in [-0.4, -0.2) is 32.3 Å². The molecule has 2 aromatic rings. The Labute approximate surface area is 124 Å². The van der Waals surface area contributed by atoms with Crippen LogP contribution in [0.5, 0.6) is 0 Å². The SMILES string of the molecule is Cc1cc(CNC2CC2)cnc1N1CCn2cnnc2C1. The van der Waals surface area contributed by atoms with Gasteiger partial charge in [0, 0.05) is 31.9 Å². The van der Waals surface area contributed by atoms with Gasteiger partial charge in [0.15, 0.2) is 5.82 Å². The fourth-order valence-corrected chi connectivity index (χ4v) is 2.85. The van der Waals surface area contributed by atoms with Crippen LogP contribution in [0.15, 0.2) is 18.6 Å². The van der Waals surface area contributed by atoms with Crippen molar-refractivity contribution in [2.45, 2.75) is 45.4 Å². The largest absolute Gasteiger partial charge is 0.347 e. The summed E-state index contributed by atoms with van der Waals surface area (Å²) in [5.74, 6) is 2.08. The van der Waals surface area contributed by atoms with Crippen LogP contribution in [0.2, 0.25) is 0 Å². The summed E-state index contributed by atoms with van der Waals surface area (Å²) < 4.78 is 2.11. The molecule has 1 aliphatic heterocycles. The van der Waals surface area contributed by atoms with Crippen molar-refractivity contribution in [1.29, 1.82) is 0 Å². The van der Waals surface area contributed by atoms with Crippen LogP contribution in [0.25, 0.3) is 0 Å². The monoisotopic (exact) mass is 284 g/mol. The predicted molar refractivity (Wildman–Crippen MR) is 79.9 cm³/mol. The number of hydrogen-bond donors (Lipinski definition) is 1. The van der Waals surface area contributed by atoms with E-state index >= 15 is 0 Å². The van der Waals surface area contributed by atoms with Crippen molar-refractivity contribution in [1.82, 2.24) is 25.1 Å². The average molecular weight is 284 g/mol. The van der Waals surface area contributed by atoms with Crippen LogP contribution in [0.4, 0.5) is 5.82 Å². The van der Waals surface area contributed by atoms with Gasteiger partial charge in [-0.1, -0.05) is 0 Å². The first-order chi connectivity index (χ1) is 10.3. The minimum absolute atomic E-state index is 0.735. The van der Waals surface area contributed by atoms with E-state index in [0.717, 1.165) is 43.9 Å². The Morgan fingerprint density at radius 2 is 2.24 bits per heavy atom. The second-order valence-corrected chi connectivity index (χ2v) is 6.00. The molecular formula is C15H20N6. The first kappa shape index (κ1) is 12.8. The second-order valence-electron chi connectivity index (χ2n) is 6.00. The summed E-state index contributed by atoms with van der Waals surface area (Å²) in [7, 11) is 0. The number of fused-ring (bicyclic) bond motifs is 1. The highest BCUT2D eigenvalue weighted by Gasteiger charge is 2.21. The summed E-state index contributed by atoms with van der Waals surface area (Å²) in [5, 5.41) is 11.7. The lowest BCUT2D eigenvalue weighted by atomic mass is 10.2. The normalized spacial score (nSPS) is 17.9. The third-order valence-corrected chi connectivity index (χ3v) is 4.22. The molecule has 1 N–H and O–H groups in total. The van der Waals surface area contributed by atoms with Crippen molar-refractivity contribution >= 4 is 5.82 Å². The molecule has 0 unspecified atom stereocenters. The molecule has 6 nitrogen and oxygen atoms in total. The third-order valence-electron chi connectivity index (χ3n) is 4.22. The smallest absolute Gasteiger partial charge is 0.152 e. The molecular weight excluding hydrogens is 264 g/mol. The molecule has 0 radical (unpaired) electrons. The first-order valence-electron chi connectivity index (χ1n) is 7.60. The molecule has 2 aromatic heterocycles. The van der Waals surface area contributed by atoms with Gasteiger partial charge in [0.1, 0.15) is 12.1 Å². The lowest BCUT2D eigenvalue weighted by Crippen LogP contribution is -2.34. The third kappa shape index (κ3) is 2.63. The fourth-order valence-electron chi connectivity index (χ4n) is 2.85. The van der Waals surface area contributed by atoms with Gasteiger partial charge < -0.3 is 14.8 Å². The summed E-state index contributed by atoms with van der Waals surface area (Å²) in [5.41, 5.74) is 2.50. The maximum atomic E-state index is 4.69. The van der Waals surface area contributed by atoms with E-state index in [9.17, 15) is 0 Å². The highest BCUT2D eigenvalue weighted by Crippen LogP contribution is 2.23. The maximum Gasteiger partial charge on any atom is 0.152 e.